The molecule has 16 heavy (non-hydrogen) atoms. The Morgan fingerprint density at radius 3 is 2.19 bits per heavy atom. The first-order valence-corrected chi connectivity index (χ1v) is 6.55. The van der Waals surface area contributed by atoms with Gasteiger partial charge >= 0.3 is 0 Å². The number of aliphatic hydroxyl groups is 2. The first-order valence-electron chi connectivity index (χ1n) is 6.55. The molecule has 0 radical (unpaired) electrons. The standard InChI is InChI=1S/C12H27N2O2/c1-2-14(8-4-12-16)9-6-13(7-10-14)5-3-11-15/h15-16H,2-12H2,1H3/q+1. The van der Waals surface area contributed by atoms with Gasteiger partial charge in [-0.3, -0.25) is 4.90 Å². The number of quaternary nitrogens is 1. The topological polar surface area (TPSA) is 43.7 Å². The minimum absolute atomic E-state index is 0.300. The Kier molecular flexibility index (Phi) is 6.28. The van der Waals surface area contributed by atoms with E-state index in [1.807, 2.05) is 0 Å². The summed E-state index contributed by atoms with van der Waals surface area (Å²) in [5.41, 5.74) is 0. The summed E-state index contributed by atoms with van der Waals surface area (Å²) in [4.78, 5) is 2.45. The van der Waals surface area contributed by atoms with Crippen molar-refractivity contribution in [2.75, 3.05) is 59.0 Å². The van der Waals surface area contributed by atoms with Gasteiger partial charge in [-0.2, -0.15) is 0 Å². The molecule has 1 saturated heterocycles. The van der Waals surface area contributed by atoms with Crippen LogP contribution >= 0.6 is 0 Å². The summed E-state index contributed by atoms with van der Waals surface area (Å²) in [6.45, 7) is 10.8. The Balaban J connectivity index is 2.31. The molecule has 0 spiro atoms. The van der Waals surface area contributed by atoms with Gasteiger partial charge in [0.25, 0.3) is 0 Å². The molecule has 0 saturated carbocycles. The second-order valence-electron chi connectivity index (χ2n) is 4.82. The Hall–Kier alpha value is -0.160. The van der Waals surface area contributed by atoms with Crippen LogP contribution < -0.4 is 0 Å². The van der Waals surface area contributed by atoms with E-state index in [9.17, 15) is 0 Å². The van der Waals surface area contributed by atoms with E-state index in [1.165, 1.54) is 19.6 Å². The predicted molar refractivity (Wildman–Crippen MR) is 65.2 cm³/mol. The quantitative estimate of drug-likeness (QED) is 0.602. The molecule has 1 aliphatic heterocycles. The molecule has 0 aromatic heterocycles. The molecule has 0 aromatic rings. The van der Waals surface area contributed by atoms with Crippen LogP contribution in [0.1, 0.15) is 19.8 Å². The number of aliphatic hydroxyl groups excluding tert-OH is 2. The van der Waals surface area contributed by atoms with Crippen molar-refractivity contribution >= 4 is 0 Å². The summed E-state index contributed by atoms with van der Waals surface area (Å²) in [6.07, 6.45) is 1.81. The lowest BCUT2D eigenvalue weighted by molar-refractivity contribution is -0.930. The Bertz CT molecular complexity index is 180. The highest BCUT2D eigenvalue weighted by Gasteiger charge is 2.30. The van der Waals surface area contributed by atoms with Crippen molar-refractivity contribution in [2.24, 2.45) is 0 Å². The lowest BCUT2D eigenvalue weighted by Crippen LogP contribution is -2.60. The third-order valence-electron chi connectivity index (χ3n) is 3.87. The Labute approximate surface area is 99.1 Å². The van der Waals surface area contributed by atoms with Crippen molar-refractivity contribution in [3.8, 4) is 0 Å². The van der Waals surface area contributed by atoms with Crippen LogP contribution in [0.4, 0.5) is 0 Å². The van der Waals surface area contributed by atoms with E-state index >= 15 is 0 Å². The molecule has 0 bridgehead atoms. The maximum absolute atomic E-state index is 8.93. The molecule has 0 aromatic carbocycles. The van der Waals surface area contributed by atoms with Crippen molar-refractivity contribution in [1.29, 1.82) is 0 Å². The third-order valence-corrected chi connectivity index (χ3v) is 3.87. The number of nitrogens with zero attached hydrogens (tertiary/aromatic N) is 2. The van der Waals surface area contributed by atoms with E-state index in [2.05, 4.69) is 11.8 Å². The number of rotatable bonds is 7. The molecule has 0 aliphatic carbocycles. The summed E-state index contributed by atoms with van der Waals surface area (Å²) in [7, 11) is 0. The second kappa shape index (κ2) is 7.22. The largest absolute Gasteiger partial charge is 0.396 e. The summed E-state index contributed by atoms with van der Waals surface area (Å²) < 4.78 is 1.16. The van der Waals surface area contributed by atoms with Crippen LogP contribution in [-0.4, -0.2) is 78.6 Å². The molecular formula is C12H27N2O2+. The first-order chi connectivity index (χ1) is 7.76. The number of hydrogen-bond acceptors (Lipinski definition) is 3. The lowest BCUT2D eigenvalue weighted by Gasteiger charge is -2.44. The highest BCUT2D eigenvalue weighted by atomic mass is 16.3. The number of hydrogen-bond donors (Lipinski definition) is 2. The van der Waals surface area contributed by atoms with Gasteiger partial charge in [-0.15, -0.1) is 0 Å². The summed E-state index contributed by atoms with van der Waals surface area (Å²) >= 11 is 0. The van der Waals surface area contributed by atoms with Gasteiger partial charge in [0.2, 0.25) is 0 Å². The lowest BCUT2D eigenvalue weighted by atomic mass is 10.2. The van der Waals surface area contributed by atoms with Gasteiger partial charge in [0.15, 0.2) is 0 Å². The molecule has 0 unspecified atom stereocenters. The van der Waals surface area contributed by atoms with Gasteiger partial charge in [0.05, 0.1) is 26.2 Å². The molecule has 1 fully saturated rings. The van der Waals surface area contributed by atoms with E-state index in [4.69, 9.17) is 10.2 Å². The summed E-state index contributed by atoms with van der Waals surface area (Å²) in [6, 6.07) is 0. The summed E-state index contributed by atoms with van der Waals surface area (Å²) in [5.74, 6) is 0. The fourth-order valence-corrected chi connectivity index (χ4v) is 2.55. The van der Waals surface area contributed by atoms with Gasteiger partial charge in [0, 0.05) is 39.3 Å². The van der Waals surface area contributed by atoms with Gasteiger partial charge in [0.1, 0.15) is 0 Å². The van der Waals surface area contributed by atoms with E-state index in [0.717, 1.165) is 43.5 Å². The fraction of sp³-hybridized carbons (Fsp3) is 1.00. The van der Waals surface area contributed by atoms with Crippen molar-refractivity contribution in [3.05, 3.63) is 0 Å². The van der Waals surface area contributed by atoms with Crippen LogP contribution in [0.3, 0.4) is 0 Å². The molecule has 4 nitrogen and oxygen atoms in total. The average molecular weight is 231 g/mol. The zero-order valence-electron chi connectivity index (χ0n) is 10.6. The average Bonchev–Trinajstić information content (AvgIpc) is 2.35. The molecule has 0 amide bonds. The zero-order chi connectivity index (χ0) is 11.9. The van der Waals surface area contributed by atoms with Crippen LogP contribution in [0.25, 0.3) is 0 Å². The van der Waals surface area contributed by atoms with Crippen molar-refractivity contribution < 1.29 is 14.7 Å². The molecule has 1 rings (SSSR count). The van der Waals surface area contributed by atoms with Crippen LogP contribution in [0.2, 0.25) is 0 Å². The highest BCUT2D eigenvalue weighted by molar-refractivity contribution is 4.64. The van der Waals surface area contributed by atoms with Crippen LogP contribution in [0, 0.1) is 0 Å². The molecule has 0 atom stereocenters. The fourth-order valence-electron chi connectivity index (χ4n) is 2.55. The predicted octanol–water partition coefficient (Wildman–Crippen LogP) is -0.0965. The molecule has 1 aliphatic rings. The SMILES string of the molecule is CC[N+]1(CCCO)CCN(CCCO)CC1. The van der Waals surface area contributed by atoms with Crippen LogP contribution in [-0.2, 0) is 0 Å². The van der Waals surface area contributed by atoms with Crippen molar-refractivity contribution in [3.63, 3.8) is 0 Å². The van der Waals surface area contributed by atoms with E-state index in [1.54, 1.807) is 0 Å². The smallest absolute Gasteiger partial charge is 0.0916 e. The monoisotopic (exact) mass is 231 g/mol. The number of piperazine rings is 1. The first kappa shape index (κ1) is 13.9. The molecular weight excluding hydrogens is 204 g/mol. The Morgan fingerprint density at radius 2 is 1.69 bits per heavy atom. The van der Waals surface area contributed by atoms with Crippen LogP contribution in [0.15, 0.2) is 0 Å². The van der Waals surface area contributed by atoms with Crippen LogP contribution in [0.5, 0.6) is 0 Å². The Morgan fingerprint density at radius 1 is 1.06 bits per heavy atom. The normalized spacial score (nSPS) is 21.2. The minimum atomic E-state index is 0.300. The van der Waals surface area contributed by atoms with Gasteiger partial charge < -0.3 is 14.7 Å². The second-order valence-corrected chi connectivity index (χ2v) is 4.82. The van der Waals surface area contributed by atoms with E-state index in [0.29, 0.717) is 13.2 Å². The maximum Gasteiger partial charge on any atom is 0.0916 e. The zero-order valence-corrected chi connectivity index (χ0v) is 10.6. The minimum Gasteiger partial charge on any atom is -0.396 e. The molecule has 4 heteroatoms. The van der Waals surface area contributed by atoms with E-state index in [-0.39, 0.29) is 0 Å². The highest BCUT2D eigenvalue weighted by Crippen LogP contribution is 2.14. The van der Waals surface area contributed by atoms with Gasteiger partial charge in [-0.1, -0.05) is 0 Å². The van der Waals surface area contributed by atoms with Crippen molar-refractivity contribution in [1.82, 2.24) is 4.90 Å². The summed E-state index contributed by atoms with van der Waals surface area (Å²) in [5, 5.41) is 17.7. The van der Waals surface area contributed by atoms with Crippen molar-refractivity contribution in [2.45, 2.75) is 19.8 Å². The van der Waals surface area contributed by atoms with Gasteiger partial charge in [-0.05, 0) is 13.3 Å². The van der Waals surface area contributed by atoms with E-state index < -0.39 is 0 Å². The molecule has 1 heterocycles. The van der Waals surface area contributed by atoms with Gasteiger partial charge in [-0.25, -0.2) is 0 Å². The number of likely N-dealkylation sites (N-methyl/N-ethyl adjacent to an activating group) is 1. The molecule has 96 valence electrons. The molecule has 2 N–H and O–H groups in total. The maximum atomic E-state index is 8.93. The third kappa shape index (κ3) is 4.01.